The Kier molecular flexibility index (Phi) is 6.60. The van der Waals surface area contributed by atoms with Crippen molar-refractivity contribution >= 4 is 33.0 Å². The number of sulfonamides is 1. The van der Waals surface area contributed by atoms with Gasteiger partial charge in [-0.25, -0.2) is 13.1 Å². The molecule has 0 saturated carbocycles. The Hall–Kier alpha value is -1.70. The van der Waals surface area contributed by atoms with Gasteiger partial charge in [0, 0.05) is 24.9 Å². The summed E-state index contributed by atoms with van der Waals surface area (Å²) in [6.07, 6.45) is 0. The summed E-state index contributed by atoms with van der Waals surface area (Å²) in [5.41, 5.74) is 2.96. The molecule has 0 saturated heterocycles. The third-order valence-corrected chi connectivity index (χ3v) is 7.10. The van der Waals surface area contributed by atoms with Gasteiger partial charge in [0.25, 0.3) is 0 Å². The van der Waals surface area contributed by atoms with Gasteiger partial charge in [-0.3, -0.25) is 4.79 Å². The molecule has 142 valence electrons. The zero-order valence-corrected chi connectivity index (χ0v) is 17.5. The average Bonchev–Trinajstić information content (AvgIpc) is 2.99. The number of carbonyl (C=O) groups is 1. The molecule has 0 unspecified atom stereocenters. The van der Waals surface area contributed by atoms with Crippen LogP contribution in [0.1, 0.15) is 42.7 Å². The summed E-state index contributed by atoms with van der Waals surface area (Å²) >= 11 is 1.23. The van der Waals surface area contributed by atoms with Crippen LogP contribution in [0.2, 0.25) is 0 Å². The first-order valence-corrected chi connectivity index (χ1v) is 10.9. The molecule has 2 rings (SSSR count). The zero-order valence-electron chi connectivity index (χ0n) is 15.9. The van der Waals surface area contributed by atoms with Gasteiger partial charge in [0.05, 0.1) is 5.69 Å². The lowest BCUT2D eigenvalue weighted by Gasteiger charge is -2.27. The third kappa shape index (κ3) is 4.72. The van der Waals surface area contributed by atoms with E-state index < -0.39 is 10.0 Å². The maximum atomic E-state index is 12.4. The van der Waals surface area contributed by atoms with Crippen LogP contribution in [0, 0.1) is 13.8 Å². The normalized spacial score (nSPS) is 11.8. The van der Waals surface area contributed by atoms with Crippen molar-refractivity contribution in [2.24, 2.45) is 0 Å². The highest BCUT2D eigenvalue weighted by molar-refractivity contribution is 7.91. The fourth-order valence-corrected chi connectivity index (χ4v) is 5.21. The predicted molar refractivity (Wildman–Crippen MR) is 108 cm³/mol. The van der Waals surface area contributed by atoms with Crippen LogP contribution in [0.25, 0.3) is 0 Å². The van der Waals surface area contributed by atoms with Crippen LogP contribution in [-0.4, -0.2) is 27.4 Å². The largest absolute Gasteiger partial charge is 0.311 e. The molecule has 0 aliphatic carbocycles. The Bertz CT molecular complexity index is 886. The molecule has 1 aromatic heterocycles. The van der Waals surface area contributed by atoms with Crippen LogP contribution in [0.4, 0.5) is 5.69 Å². The minimum atomic E-state index is -3.55. The summed E-state index contributed by atoms with van der Waals surface area (Å²) in [7, 11) is -3.55. The van der Waals surface area contributed by atoms with Crippen LogP contribution in [0.5, 0.6) is 0 Å². The van der Waals surface area contributed by atoms with E-state index in [1.54, 1.807) is 17.0 Å². The van der Waals surface area contributed by atoms with Gasteiger partial charge in [0.15, 0.2) is 0 Å². The zero-order chi connectivity index (χ0) is 19.5. The number of aryl methyl sites for hydroxylation is 2. The monoisotopic (exact) mass is 394 g/mol. The van der Waals surface area contributed by atoms with Crippen LogP contribution in [0.3, 0.4) is 0 Å². The number of nitrogens with zero attached hydrogens (tertiary/aromatic N) is 1. The van der Waals surface area contributed by atoms with E-state index in [1.807, 2.05) is 32.0 Å². The fraction of sp³-hybridized carbons (Fsp3) is 0.421. The number of para-hydroxylation sites is 1. The van der Waals surface area contributed by atoms with Crippen molar-refractivity contribution in [2.75, 3.05) is 18.0 Å². The SMILES string of the molecule is CC(=O)N(CCNS(=O)(=O)c1ccc(C)s1)c1c(C)cccc1C(C)C. The highest BCUT2D eigenvalue weighted by Crippen LogP contribution is 2.31. The first-order chi connectivity index (χ1) is 12.1. The first kappa shape index (κ1) is 20.6. The molecule has 0 atom stereocenters. The van der Waals surface area contributed by atoms with Crippen LogP contribution < -0.4 is 9.62 Å². The number of carbonyl (C=O) groups excluding carboxylic acids is 1. The number of nitrogens with one attached hydrogen (secondary N) is 1. The highest BCUT2D eigenvalue weighted by atomic mass is 32.2. The van der Waals surface area contributed by atoms with Crippen molar-refractivity contribution in [3.63, 3.8) is 0 Å². The quantitative estimate of drug-likeness (QED) is 0.776. The smallest absolute Gasteiger partial charge is 0.250 e. The van der Waals surface area contributed by atoms with Crippen molar-refractivity contribution < 1.29 is 13.2 Å². The van der Waals surface area contributed by atoms with Crippen molar-refractivity contribution in [3.8, 4) is 0 Å². The number of anilines is 1. The molecular formula is C19H26N2O3S2. The van der Waals surface area contributed by atoms with E-state index >= 15 is 0 Å². The number of hydrogen-bond acceptors (Lipinski definition) is 4. The number of hydrogen-bond donors (Lipinski definition) is 1. The molecule has 7 heteroatoms. The van der Waals surface area contributed by atoms with E-state index in [4.69, 9.17) is 0 Å². The molecule has 26 heavy (non-hydrogen) atoms. The lowest BCUT2D eigenvalue weighted by atomic mass is 9.97. The summed E-state index contributed by atoms with van der Waals surface area (Å²) < 4.78 is 27.6. The molecular weight excluding hydrogens is 368 g/mol. The summed E-state index contributed by atoms with van der Waals surface area (Å²) in [6.45, 7) is 9.95. The van der Waals surface area contributed by atoms with Crippen LogP contribution in [0.15, 0.2) is 34.5 Å². The standard InChI is InChI=1S/C19H26N2O3S2/c1-13(2)17-8-6-7-14(3)19(17)21(16(5)22)12-11-20-26(23,24)18-10-9-15(4)25-18/h6-10,13,20H,11-12H2,1-5H3. The summed E-state index contributed by atoms with van der Waals surface area (Å²) in [6, 6.07) is 9.35. The Labute approximate surface area is 160 Å². The maximum Gasteiger partial charge on any atom is 0.250 e. The van der Waals surface area contributed by atoms with Gasteiger partial charge in [0.1, 0.15) is 4.21 Å². The minimum absolute atomic E-state index is 0.104. The van der Waals surface area contributed by atoms with Gasteiger partial charge in [-0.15, -0.1) is 11.3 Å². The van der Waals surface area contributed by atoms with Crippen molar-refractivity contribution in [1.82, 2.24) is 4.72 Å². The number of thiophene rings is 1. The molecule has 0 aliphatic rings. The lowest BCUT2D eigenvalue weighted by Crippen LogP contribution is -2.38. The second kappa shape index (κ2) is 8.33. The summed E-state index contributed by atoms with van der Waals surface area (Å²) in [4.78, 5) is 14.9. The molecule has 0 bridgehead atoms. The summed E-state index contributed by atoms with van der Waals surface area (Å²) in [5, 5.41) is 0. The topological polar surface area (TPSA) is 66.5 Å². The van der Waals surface area contributed by atoms with E-state index in [0.717, 1.165) is 21.7 Å². The second-order valence-electron chi connectivity index (χ2n) is 6.60. The number of amides is 1. The van der Waals surface area contributed by atoms with Gasteiger partial charge < -0.3 is 4.90 Å². The Morgan fingerprint density at radius 3 is 2.42 bits per heavy atom. The molecule has 0 radical (unpaired) electrons. The van der Waals surface area contributed by atoms with Crippen LogP contribution in [-0.2, 0) is 14.8 Å². The van der Waals surface area contributed by atoms with E-state index in [-0.39, 0.29) is 24.9 Å². The summed E-state index contributed by atoms with van der Waals surface area (Å²) in [5.74, 6) is 0.157. The van der Waals surface area contributed by atoms with Crippen molar-refractivity contribution in [1.29, 1.82) is 0 Å². The first-order valence-electron chi connectivity index (χ1n) is 8.57. The molecule has 1 aromatic carbocycles. The molecule has 0 fully saturated rings. The third-order valence-electron chi connectivity index (χ3n) is 4.15. The Morgan fingerprint density at radius 2 is 1.88 bits per heavy atom. The van der Waals surface area contributed by atoms with Crippen LogP contribution >= 0.6 is 11.3 Å². The van der Waals surface area contributed by atoms with Gasteiger partial charge >= 0.3 is 0 Å². The molecule has 2 aromatic rings. The van der Waals surface area contributed by atoms with Crippen molar-refractivity contribution in [2.45, 2.75) is 44.7 Å². The average molecular weight is 395 g/mol. The fourth-order valence-electron chi connectivity index (χ4n) is 2.86. The Balaban J connectivity index is 2.19. The minimum Gasteiger partial charge on any atom is -0.311 e. The van der Waals surface area contributed by atoms with Gasteiger partial charge in [0.2, 0.25) is 15.9 Å². The van der Waals surface area contributed by atoms with E-state index in [9.17, 15) is 13.2 Å². The molecule has 5 nitrogen and oxygen atoms in total. The highest BCUT2D eigenvalue weighted by Gasteiger charge is 2.21. The number of rotatable bonds is 7. The molecule has 1 N–H and O–H groups in total. The van der Waals surface area contributed by atoms with E-state index in [1.165, 1.54) is 18.3 Å². The van der Waals surface area contributed by atoms with Gasteiger partial charge in [-0.05, 0) is 43.0 Å². The van der Waals surface area contributed by atoms with Crippen molar-refractivity contribution in [3.05, 3.63) is 46.3 Å². The lowest BCUT2D eigenvalue weighted by molar-refractivity contribution is -0.116. The van der Waals surface area contributed by atoms with E-state index in [0.29, 0.717) is 4.21 Å². The van der Waals surface area contributed by atoms with E-state index in [2.05, 4.69) is 18.6 Å². The second-order valence-corrected chi connectivity index (χ2v) is 9.88. The Morgan fingerprint density at radius 1 is 1.19 bits per heavy atom. The predicted octanol–water partition coefficient (Wildman–Crippen LogP) is 3.82. The molecule has 0 aliphatic heterocycles. The van der Waals surface area contributed by atoms with Gasteiger partial charge in [-0.1, -0.05) is 32.0 Å². The molecule has 1 amide bonds. The molecule has 1 heterocycles. The molecule has 0 spiro atoms. The number of benzene rings is 1. The van der Waals surface area contributed by atoms with Gasteiger partial charge in [-0.2, -0.15) is 0 Å². The maximum absolute atomic E-state index is 12.4.